The van der Waals surface area contributed by atoms with Crippen molar-refractivity contribution in [1.82, 2.24) is 10.3 Å². The van der Waals surface area contributed by atoms with Gasteiger partial charge >= 0.3 is 0 Å². The Morgan fingerprint density at radius 3 is 2.83 bits per heavy atom. The van der Waals surface area contributed by atoms with Crippen LogP contribution in [0.1, 0.15) is 50.5 Å². The second-order valence-electron chi connectivity index (χ2n) is 6.55. The second kappa shape index (κ2) is 6.89. The molecule has 1 fully saturated rings. The fourth-order valence-corrected chi connectivity index (χ4v) is 3.27. The molecule has 0 bridgehead atoms. The largest absolute Gasteiger partial charge is 0.493 e. The van der Waals surface area contributed by atoms with Crippen LogP contribution in [0.2, 0.25) is 0 Å². The summed E-state index contributed by atoms with van der Waals surface area (Å²) in [6.07, 6.45) is 3.84. The quantitative estimate of drug-likeness (QED) is 0.881. The van der Waals surface area contributed by atoms with Crippen LogP contribution in [0.3, 0.4) is 0 Å². The van der Waals surface area contributed by atoms with E-state index in [1.165, 1.54) is 12.8 Å². The molecule has 1 aliphatic carbocycles. The molecule has 2 atom stereocenters. The normalized spacial score (nSPS) is 21.4. The topological polar surface area (TPSA) is 56.5 Å². The SMILES string of the molecule is COc1cc(CN[C@H]2CCC[C@H]2OC)cc2nc(C(C)C)oc12. The van der Waals surface area contributed by atoms with E-state index in [9.17, 15) is 0 Å². The minimum absolute atomic E-state index is 0.259. The molecular weight excluding hydrogens is 292 g/mol. The highest BCUT2D eigenvalue weighted by Gasteiger charge is 2.26. The fourth-order valence-electron chi connectivity index (χ4n) is 3.27. The van der Waals surface area contributed by atoms with Crippen LogP contribution in [0.5, 0.6) is 5.75 Å². The Morgan fingerprint density at radius 2 is 2.13 bits per heavy atom. The number of rotatable bonds is 6. The first kappa shape index (κ1) is 16.3. The summed E-state index contributed by atoms with van der Waals surface area (Å²) in [7, 11) is 3.46. The van der Waals surface area contributed by atoms with Crippen LogP contribution >= 0.6 is 0 Å². The van der Waals surface area contributed by atoms with Gasteiger partial charge in [0.25, 0.3) is 0 Å². The zero-order valence-electron chi connectivity index (χ0n) is 14.4. The van der Waals surface area contributed by atoms with E-state index in [4.69, 9.17) is 13.9 Å². The van der Waals surface area contributed by atoms with Gasteiger partial charge in [0.1, 0.15) is 5.52 Å². The number of hydrogen-bond donors (Lipinski definition) is 1. The van der Waals surface area contributed by atoms with E-state index in [1.54, 1.807) is 14.2 Å². The molecule has 5 heteroatoms. The van der Waals surface area contributed by atoms with Gasteiger partial charge in [0.15, 0.2) is 17.2 Å². The highest BCUT2D eigenvalue weighted by atomic mass is 16.5. The first-order valence-corrected chi connectivity index (χ1v) is 8.36. The molecule has 1 heterocycles. The van der Waals surface area contributed by atoms with Crippen molar-refractivity contribution in [2.75, 3.05) is 14.2 Å². The van der Waals surface area contributed by atoms with Crippen molar-refractivity contribution >= 4 is 11.1 Å². The molecule has 0 amide bonds. The van der Waals surface area contributed by atoms with Crippen molar-refractivity contribution in [3.8, 4) is 5.75 Å². The standard InChI is InChI=1S/C18H26N2O3/c1-11(2)18-20-14-8-12(9-16(22-4)17(14)23-18)10-19-13-6-5-7-15(13)21-3/h8-9,11,13,15,19H,5-7,10H2,1-4H3/t13-,15+/m0/s1. The van der Waals surface area contributed by atoms with E-state index in [-0.39, 0.29) is 5.92 Å². The summed E-state index contributed by atoms with van der Waals surface area (Å²) in [5.41, 5.74) is 2.75. The van der Waals surface area contributed by atoms with Crippen LogP contribution in [0.25, 0.3) is 11.1 Å². The minimum Gasteiger partial charge on any atom is -0.493 e. The van der Waals surface area contributed by atoms with E-state index >= 15 is 0 Å². The van der Waals surface area contributed by atoms with Gasteiger partial charge in [0, 0.05) is 25.6 Å². The highest BCUT2D eigenvalue weighted by molar-refractivity contribution is 5.80. The first-order valence-electron chi connectivity index (χ1n) is 8.36. The number of benzene rings is 1. The molecule has 1 aliphatic rings. The maximum Gasteiger partial charge on any atom is 0.198 e. The number of hydrogen-bond acceptors (Lipinski definition) is 5. The lowest BCUT2D eigenvalue weighted by Gasteiger charge is -2.19. The van der Waals surface area contributed by atoms with Crippen molar-refractivity contribution in [2.45, 2.75) is 57.7 Å². The van der Waals surface area contributed by atoms with Crippen LogP contribution in [-0.2, 0) is 11.3 Å². The maximum atomic E-state index is 5.84. The average molecular weight is 318 g/mol. The lowest BCUT2D eigenvalue weighted by Crippen LogP contribution is -2.36. The zero-order chi connectivity index (χ0) is 16.4. The third kappa shape index (κ3) is 3.35. The second-order valence-corrected chi connectivity index (χ2v) is 6.55. The molecule has 3 rings (SSSR count). The minimum atomic E-state index is 0.259. The molecule has 1 aromatic heterocycles. The van der Waals surface area contributed by atoms with E-state index < -0.39 is 0 Å². The van der Waals surface area contributed by atoms with Crippen LogP contribution in [0, 0.1) is 0 Å². The van der Waals surface area contributed by atoms with Crippen molar-refractivity contribution in [2.24, 2.45) is 0 Å². The summed E-state index contributed by atoms with van der Waals surface area (Å²) in [5, 5.41) is 3.61. The van der Waals surface area contributed by atoms with E-state index in [1.807, 2.05) is 6.07 Å². The molecular formula is C18H26N2O3. The molecule has 1 saturated carbocycles. The average Bonchev–Trinajstić information content (AvgIpc) is 3.17. The van der Waals surface area contributed by atoms with Gasteiger partial charge in [-0.3, -0.25) is 0 Å². The van der Waals surface area contributed by atoms with Crippen molar-refractivity contribution in [3.05, 3.63) is 23.6 Å². The Bertz CT molecular complexity index is 666. The van der Waals surface area contributed by atoms with Gasteiger partial charge in [-0.15, -0.1) is 0 Å². The predicted octanol–water partition coefficient (Wildman–Crippen LogP) is 3.62. The summed E-state index contributed by atoms with van der Waals surface area (Å²) in [6, 6.07) is 4.53. The number of nitrogens with zero attached hydrogens (tertiary/aromatic N) is 1. The van der Waals surface area contributed by atoms with Gasteiger partial charge in [-0.05, 0) is 37.0 Å². The molecule has 0 aliphatic heterocycles. The molecule has 126 valence electrons. The van der Waals surface area contributed by atoms with Gasteiger partial charge in [-0.1, -0.05) is 13.8 Å². The fraction of sp³-hybridized carbons (Fsp3) is 0.611. The van der Waals surface area contributed by atoms with E-state index in [0.717, 1.165) is 41.3 Å². The van der Waals surface area contributed by atoms with E-state index in [0.29, 0.717) is 12.1 Å². The smallest absolute Gasteiger partial charge is 0.198 e. The Balaban J connectivity index is 1.80. The van der Waals surface area contributed by atoms with Gasteiger partial charge < -0.3 is 19.2 Å². The molecule has 0 radical (unpaired) electrons. The van der Waals surface area contributed by atoms with Crippen molar-refractivity contribution < 1.29 is 13.9 Å². The monoisotopic (exact) mass is 318 g/mol. The Morgan fingerprint density at radius 1 is 1.30 bits per heavy atom. The Hall–Kier alpha value is -1.59. The first-order chi connectivity index (χ1) is 11.1. The lowest BCUT2D eigenvalue weighted by atomic mass is 10.1. The molecule has 23 heavy (non-hydrogen) atoms. The molecule has 1 aromatic carbocycles. The molecule has 1 N–H and O–H groups in total. The third-order valence-electron chi connectivity index (χ3n) is 4.57. The molecule has 0 saturated heterocycles. The Labute approximate surface area is 137 Å². The Kier molecular flexibility index (Phi) is 4.87. The van der Waals surface area contributed by atoms with Gasteiger partial charge in [0.2, 0.25) is 0 Å². The third-order valence-corrected chi connectivity index (χ3v) is 4.57. The summed E-state index contributed by atoms with van der Waals surface area (Å²) < 4.78 is 16.9. The summed E-state index contributed by atoms with van der Waals surface area (Å²) in [4.78, 5) is 4.59. The maximum absolute atomic E-state index is 5.84. The van der Waals surface area contributed by atoms with Crippen molar-refractivity contribution in [1.29, 1.82) is 0 Å². The number of aromatic nitrogens is 1. The lowest BCUT2D eigenvalue weighted by molar-refractivity contribution is 0.0847. The summed E-state index contributed by atoms with van der Waals surface area (Å²) in [6.45, 7) is 4.93. The molecule has 2 aromatic rings. The molecule has 0 unspecified atom stereocenters. The van der Waals surface area contributed by atoms with Crippen LogP contribution in [0.4, 0.5) is 0 Å². The van der Waals surface area contributed by atoms with Crippen LogP contribution in [-0.4, -0.2) is 31.3 Å². The predicted molar refractivity (Wildman–Crippen MR) is 89.9 cm³/mol. The van der Waals surface area contributed by atoms with Crippen LogP contribution in [0.15, 0.2) is 16.5 Å². The molecule has 5 nitrogen and oxygen atoms in total. The number of methoxy groups -OCH3 is 2. The van der Waals surface area contributed by atoms with Gasteiger partial charge in [0.05, 0.1) is 13.2 Å². The highest BCUT2D eigenvalue weighted by Crippen LogP contribution is 2.31. The van der Waals surface area contributed by atoms with Gasteiger partial charge in [-0.2, -0.15) is 0 Å². The zero-order valence-corrected chi connectivity index (χ0v) is 14.4. The number of nitrogens with one attached hydrogen (secondary N) is 1. The number of ether oxygens (including phenoxy) is 2. The number of oxazole rings is 1. The summed E-state index contributed by atoms with van der Waals surface area (Å²) >= 11 is 0. The summed E-state index contributed by atoms with van der Waals surface area (Å²) in [5.74, 6) is 1.75. The van der Waals surface area contributed by atoms with E-state index in [2.05, 4.69) is 30.2 Å². The van der Waals surface area contributed by atoms with Crippen LogP contribution < -0.4 is 10.1 Å². The van der Waals surface area contributed by atoms with Crippen molar-refractivity contribution in [3.63, 3.8) is 0 Å². The van der Waals surface area contributed by atoms with Gasteiger partial charge in [-0.25, -0.2) is 4.98 Å². The molecule has 0 spiro atoms. The number of fused-ring (bicyclic) bond motifs is 1.